The number of nitrogens with zero attached hydrogens (tertiary/aromatic N) is 1. The molecule has 5 heteroatoms. The molecule has 0 spiro atoms. The maximum Gasteiger partial charge on any atom is 0.128 e. The third kappa shape index (κ3) is 2.90. The summed E-state index contributed by atoms with van der Waals surface area (Å²) in [6.45, 7) is 1.03. The molecular formula is C11H10BrFN2O. The van der Waals surface area contributed by atoms with Crippen molar-refractivity contribution in [3.8, 4) is 0 Å². The lowest BCUT2D eigenvalue weighted by Gasteiger charge is -2.04. The topological polar surface area (TPSA) is 38.1 Å². The standard InChI is InChI=1S/C11H10BrFN2O/c12-9-2-1-8(11(13)5-9)6-14-7-10-3-4-16-15-10/h1-5,14H,6-7H2. The maximum absolute atomic E-state index is 13.4. The molecule has 16 heavy (non-hydrogen) atoms. The first-order chi connectivity index (χ1) is 7.75. The van der Waals surface area contributed by atoms with Gasteiger partial charge in [-0.05, 0) is 12.1 Å². The van der Waals surface area contributed by atoms with Gasteiger partial charge in [0.25, 0.3) is 0 Å². The number of nitrogens with one attached hydrogen (secondary N) is 1. The van der Waals surface area contributed by atoms with Crippen LogP contribution in [0.1, 0.15) is 11.3 Å². The van der Waals surface area contributed by atoms with Crippen molar-refractivity contribution in [2.45, 2.75) is 13.1 Å². The van der Waals surface area contributed by atoms with E-state index in [0.29, 0.717) is 18.7 Å². The summed E-state index contributed by atoms with van der Waals surface area (Å²) < 4.78 is 18.8. The van der Waals surface area contributed by atoms with Gasteiger partial charge in [-0.15, -0.1) is 0 Å². The second kappa shape index (κ2) is 5.23. The predicted molar refractivity (Wildman–Crippen MR) is 61.1 cm³/mol. The van der Waals surface area contributed by atoms with Gasteiger partial charge in [0.1, 0.15) is 12.1 Å². The van der Waals surface area contributed by atoms with E-state index in [0.717, 1.165) is 10.2 Å². The van der Waals surface area contributed by atoms with Gasteiger partial charge in [0.2, 0.25) is 0 Å². The molecule has 2 aromatic rings. The Morgan fingerprint density at radius 3 is 2.88 bits per heavy atom. The molecule has 0 saturated carbocycles. The minimum atomic E-state index is -0.220. The molecule has 0 amide bonds. The van der Waals surface area contributed by atoms with Gasteiger partial charge in [-0.25, -0.2) is 4.39 Å². The Labute approximate surface area is 101 Å². The summed E-state index contributed by atoms with van der Waals surface area (Å²) in [6.07, 6.45) is 1.51. The van der Waals surface area contributed by atoms with Crippen molar-refractivity contribution >= 4 is 15.9 Å². The quantitative estimate of drug-likeness (QED) is 0.938. The molecule has 0 aliphatic carbocycles. The Balaban J connectivity index is 1.90. The normalized spacial score (nSPS) is 10.6. The second-order valence-corrected chi connectivity index (χ2v) is 4.25. The van der Waals surface area contributed by atoms with E-state index in [1.807, 2.05) is 6.07 Å². The van der Waals surface area contributed by atoms with Crippen molar-refractivity contribution in [2.24, 2.45) is 0 Å². The van der Waals surface area contributed by atoms with Crippen LogP contribution in [0.3, 0.4) is 0 Å². The average Bonchev–Trinajstić information content (AvgIpc) is 2.74. The van der Waals surface area contributed by atoms with Gasteiger partial charge in [-0.2, -0.15) is 0 Å². The van der Waals surface area contributed by atoms with E-state index in [-0.39, 0.29) is 5.82 Å². The van der Waals surface area contributed by atoms with Crippen molar-refractivity contribution in [1.82, 2.24) is 10.5 Å². The summed E-state index contributed by atoms with van der Waals surface area (Å²) in [5, 5.41) is 6.83. The maximum atomic E-state index is 13.4. The monoisotopic (exact) mass is 284 g/mol. The number of aromatic nitrogens is 1. The van der Waals surface area contributed by atoms with Crippen LogP contribution < -0.4 is 5.32 Å². The molecule has 1 N–H and O–H groups in total. The minimum absolute atomic E-state index is 0.220. The van der Waals surface area contributed by atoms with Crippen LogP contribution in [-0.2, 0) is 13.1 Å². The number of hydrogen-bond acceptors (Lipinski definition) is 3. The number of hydrogen-bond donors (Lipinski definition) is 1. The molecule has 0 aliphatic heterocycles. The molecule has 0 aliphatic rings. The van der Waals surface area contributed by atoms with Gasteiger partial charge in [0, 0.05) is 29.2 Å². The first-order valence-corrected chi connectivity index (χ1v) is 5.59. The van der Waals surface area contributed by atoms with E-state index in [4.69, 9.17) is 0 Å². The summed E-state index contributed by atoms with van der Waals surface area (Å²) in [5.41, 5.74) is 1.43. The van der Waals surface area contributed by atoms with E-state index in [1.165, 1.54) is 12.3 Å². The highest BCUT2D eigenvalue weighted by Gasteiger charge is 2.02. The van der Waals surface area contributed by atoms with Crippen molar-refractivity contribution in [2.75, 3.05) is 0 Å². The lowest BCUT2D eigenvalue weighted by molar-refractivity contribution is 0.408. The largest absolute Gasteiger partial charge is 0.364 e. The fraction of sp³-hybridized carbons (Fsp3) is 0.182. The number of halogens is 2. The SMILES string of the molecule is Fc1cc(Br)ccc1CNCc1ccon1. The van der Waals surface area contributed by atoms with Crippen LogP contribution in [0, 0.1) is 5.82 Å². The fourth-order valence-corrected chi connectivity index (χ4v) is 1.65. The second-order valence-electron chi connectivity index (χ2n) is 3.33. The van der Waals surface area contributed by atoms with E-state index in [2.05, 4.69) is 30.9 Å². The lowest BCUT2D eigenvalue weighted by Crippen LogP contribution is -2.13. The molecule has 84 valence electrons. The zero-order valence-electron chi connectivity index (χ0n) is 8.41. The van der Waals surface area contributed by atoms with Gasteiger partial charge < -0.3 is 9.84 Å². The number of rotatable bonds is 4. The van der Waals surface area contributed by atoms with Crippen molar-refractivity contribution < 1.29 is 8.91 Å². The van der Waals surface area contributed by atoms with E-state index in [1.54, 1.807) is 12.1 Å². The van der Waals surface area contributed by atoms with Gasteiger partial charge in [0.05, 0.1) is 5.69 Å². The van der Waals surface area contributed by atoms with Gasteiger partial charge in [-0.3, -0.25) is 0 Å². The summed E-state index contributed by atoms with van der Waals surface area (Å²) >= 11 is 3.21. The van der Waals surface area contributed by atoms with Gasteiger partial charge in [-0.1, -0.05) is 27.2 Å². The van der Waals surface area contributed by atoms with Crippen LogP contribution in [0.15, 0.2) is 39.5 Å². The molecule has 0 fully saturated rings. The fourth-order valence-electron chi connectivity index (χ4n) is 1.32. The van der Waals surface area contributed by atoms with Gasteiger partial charge >= 0.3 is 0 Å². The third-order valence-electron chi connectivity index (χ3n) is 2.13. The molecule has 1 aromatic heterocycles. The highest BCUT2D eigenvalue weighted by Crippen LogP contribution is 2.15. The summed E-state index contributed by atoms with van der Waals surface area (Å²) in [4.78, 5) is 0. The van der Waals surface area contributed by atoms with E-state index >= 15 is 0 Å². The van der Waals surface area contributed by atoms with Crippen molar-refractivity contribution in [3.05, 3.63) is 52.1 Å². The Morgan fingerprint density at radius 2 is 2.19 bits per heavy atom. The number of benzene rings is 1. The minimum Gasteiger partial charge on any atom is -0.364 e. The van der Waals surface area contributed by atoms with Crippen molar-refractivity contribution in [3.63, 3.8) is 0 Å². The summed E-state index contributed by atoms with van der Waals surface area (Å²) in [5.74, 6) is -0.220. The molecule has 1 heterocycles. The lowest BCUT2D eigenvalue weighted by atomic mass is 10.2. The van der Waals surface area contributed by atoms with Crippen LogP contribution in [-0.4, -0.2) is 5.16 Å². The first-order valence-electron chi connectivity index (χ1n) is 4.79. The average molecular weight is 285 g/mol. The van der Waals surface area contributed by atoms with Crippen LogP contribution >= 0.6 is 15.9 Å². The van der Waals surface area contributed by atoms with Crippen LogP contribution in [0.5, 0.6) is 0 Å². The molecule has 0 atom stereocenters. The zero-order chi connectivity index (χ0) is 11.4. The zero-order valence-corrected chi connectivity index (χ0v) is 10.00. The summed E-state index contributed by atoms with van der Waals surface area (Å²) in [7, 11) is 0. The molecule has 2 rings (SSSR count). The molecule has 0 bridgehead atoms. The first kappa shape index (κ1) is 11.3. The van der Waals surface area contributed by atoms with Crippen LogP contribution in [0.2, 0.25) is 0 Å². The molecule has 1 aromatic carbocycles. The molecule has 0 radical (unpaired) electrons. The Hall–Kier alpha value is -1.20. The Morgan fingerprint density at radius 1 is 1.31 bits per heavy atom. The van der Waals surface area contributed by atoms with Crippen molar-refractivity contribution in [1.29, 1.82) is 0 Å². The van der Waals surface area contributed by atoms with Crippen LogP contribution in [0.25, 0.3) is 0 Å². The highest BCUT2D eigenvalue weighted by molar-refractivity contribution is 9.10. The molecule has 0 saturated heterocycles. The van der Waals surface area contributed by atoms with Crippen LogP contribution in [0.4, 0.5) is 4.39 Å². The van der Waals surface area contributed by atoms with E-state index < -0.39 is 0 Å². The molecule has 0 unspecified atom stereocenters. The molecule has 3 nitrogen and oxygen atoms in total. The third-order valence-corrected chi connectivity index (χ3v) is 2.62. The summed E-state index contributed by atoms with van der Waals surface area (Å²) in [6, 6.07) is 6.78. The van der Waals surface area contributed by atoms with E-state index in [9.17, 15) is 4.39 Å². The van der Waals surface area contributed by atoms with Gasteiger partial charge in [0.15, 0.2) is 0 Å². The predicted octanol–water partition coefficient (Wildman–Crippen LogP) is 2.87. The smallest absolute Gasteiger partial charge is 0.128 e. The molecular weight excluding hydrogens is 275 g/mol. The Kier molecular flexibility index (Phi) is 3.69. The highest BCUT2D eigenvalue weighted by atomic mass is 79.9. The Bertz CT molecular complexity index is 459.